The summed E-state index contributed by atoms with van der Waals surface area (Å²) in [6.45, 7) is 9.91. The first-order valence-corrected chi connectivity index (χ1v) is 11.7. The molecule has 5 heteroatoms. The zero-order valence-electron chi connectivity index (χ0n) is 20.4. The van der Waals surface area contributed by atoms with Gasteiger partial charge >= 0.3 is 0 Å². The Kier molecular flexibility index (Phi) is 10.6. The lowest BCUT2D eigenvalue weighted by Crippen LogP contribution is -2.31. The number of anilines is 1. The lowest BCUT2D eigenvalue weighted by Gasteiger charge is -2.26. The summed E-state index contributed by atoms with van der Waals surface area (Å²) in [6.07, 6.45) is 2.30. The molecule has 178 valence electrons. The predicted octanol–water partition coefficient (Wildman–Crippen LogP) is 4.49. The zero-order valence-corrected chi connectivity index (χ0v) is 20.4. The first-order valence-electron chi connectivity index (χ1n) is 11.7. The number of nitrogens with zero attached hydrogens (tertiary/aromatic N) is 1. The maximum Gasteiger partial charge on any atom is 0.227 e. The van der Waals surface area contributed by atoms with Crippen molar-refractivity contribution in [3.63, 3.8) is 0 Å². The minimum absolute atomic E-state index is 0.0774. The molecule has 0 fully saturated rings. The highest BCUT2D eigenvalue weighted by Crippen LogP contribution is 2.26. The Morgan fingerprint density at radius 1 is 1.12 bits per heavy atom. The number of hydrogen-bond acceptors (Lipinski definition) is 4. The van der Waals surface area contributed by atoms with Crippen LogP contribution in [0.3, 0.4) is 0 Å². The molecule has 5 nitrogen and oxygen atoms in total. The summed E-state index contributed by atoms with van der Waals surface area (Å²) >= 11 is 0. The van der Waals surface area contributed by atoms with Gasteiger partial charge in [0.05, 0.1) is 31.0 Å². The number of carbonyl (C=O) groups excluding carboxylic acids is 1. The number of aliphatic hydroxyl groups excluding tert-OH is 1. The van der Waals surface area contributed by atoms with Crippen LogP contribution >= 0.6 is 0 Å². The van der Waals surface area contributed by atoms with Gasteiger partial charge in [0.25, 0.3) is 0 Å². The lowest BCUT2D eigenvalue weighted by atomic mass is 10.0. The van der Waals surface area contributed by atoms with Gasteiger partial charge in [-0.1, -0.05) is 56.0 Å². The maximum atomic E-state index is 12.8. The van der Waals surface area contributed by atoms with Crippen LogP contribution in [0.15, 0.2) is 48.5 Å². The van der Waals surface area contributed by atoms with Gasteiger partial charge in [-0.25, -0.2) is 0 Å². The number of benzene rings is 2. The molecule has 0 atom stereocenters. The maximum absolute atomic E-state index is 12.8. The summed E-state index contributed by atoms with van der Waals surface area (Å²) < 4.78 is 5.29. The molecule has 0 saturated heterocycles. The number of fused-ring (bicyclic) bond motifs is 2. The molecule has 33 heavy (non-hydrogen) atoms. The fourth-order valence-corrected chi connectivity index (χ4v) is 3.50. The van der Waals surface area contributed by atoms with E-state index in [1.807, 2.05) is 61.2 Å². The van der Waals surface area contributed by atoms with Crippen molar-refractivity contribution in [3.05, 3.63) is 65.2 Å². The molecule has 0 spiro atoms. The molecule has 2 aromatic carbocycles. The van der Waals surface area contributed by atoms with Crippen LogP contribution in [0.25, 0.3) is 0 Å². The quantitative estimate of drug-likeness (QED) is 0.581. The average molecular weight is 451 g/mol. The summed E-state index contributed by atoms with van der Waals surface area (Å²) in [5.74, 6) is 7.17. The van der Waals surface area contributed by atoms with Crippen molar-refractivity contribution in [1.82, 2.24) is 0 Å². The topological polar surface area (TPSA) is 75.8 Å². The number of ether oxygens (including phenoxy) is 1. The van der Waals surface area contributed by atoms with Gasteiger partial charge in [0.15, 0.2) is 0 Å². The van der Waals surface area contributed by atoms with Crippen LogP contribution < -0.4 is 10.6 Å². The number of carbonyl (C=O) groups is 1. The molecule has 1 amide bonds. The molecule has 0 radical (unpaired) electrons. The van der Waals surface area contributed by atoms with E-state index >= 15 is 0 Å². The van der Waals surface area contributed by atoms with Crippen molar-refractivity contribution < 1.29 is 14.6 Å². The van der Waals surface area contributed by atoms with Gasteiger partial charge < -0.3 is 20.5 Å². The molecule has 3 rings (SSSR count). The molecule has 0 unspecified atom stereocenters. The largest absolute Gasteiger partial charge is 0.394 e. The van der Waals surface area contributed by atoms with Gasteiger partial charge in [0.2, 0.25) is 5.91 Å². The molecule has 1 aliphatic heterocycles. The van der Waals surface area contributed by atoms with Crippen molar-refractivity contribution in [3.8, 4) is 11.8 Å². The fraction of sp³-hybridized carbons (Fsp3) is 0.464. The van der Waals surface area contributed by atoms with Gasteiger partial charge in [0, 0.05) is 17.5 Å². The van der Waals surface area contributed by atoms with Crippen LogP contribution in [0.5, 0.6) is 0 Å². The van der Waals surface area contributed by atoms with Crippen molar-refractivity contribution in [2.24, 2.45) is 11.7 Å². The van der Waals surface area contributed by atoms with Crippen LogP contribution in [0.1, 0.15) is 63.6 Å². The highest BCUT2D eigenvalue weighted by molar-refractivity contribution is 5.95. The fourth-order valence-electron chi connectivity index (χ4n) is 3.50. The summed E-state index contributed by atoms with van der Waals surface area (Å²) in [6, 6.07) is 16.0. The third kappa shape index (κ3) is 8.66. The van der Waals surface area contributed by atoms with E-state index in [0.717, 1.165) is 35.2 Å². The van der Waals surface area contributed by atoms with Crippen LogP contribution in [-0.4, -0.2) is 36.4 Å². The molecule has 0 aromatic heterocycles. The first kappa shape index (κ1) is 26.6. The number of nitrogens with two attached hydrogens (primary N) is 1. The molecule has 3 N–H and O–H groups in total. The summed E-state index contributed by atoms with van der Waals surface area (Å²) in [5.41, 5.74) is 9.10. The Bertz CT molecular complexity index is 957. The minimum atomic E-state index is -0.183. The van der Waals surface area contributed by atoms with Crippen molar-refractivity contribution in [1.29, 1.82) is 0 Å². The lowest BCUT2D eigenvalue weighted by molar-refractivity contribution is -0.119. The monoisotopic (exact) mass is 450 g/mol. The van der Waals surface area contributed by atoms with Gasteiger partial charge in [-0.3, -0.25) is 4.79 Å². The van der Waals surface area contributed by atoms with E-state index in [9.17, 15) is 4.79 Å². The minimum Gasteiger partial charge on any atom is -0.394 e. The summed E-state index contributed by atoms with van der Waals surface area (Å²) in [5, 5.41) is 8.44. The predicted molar refractivity (Wildman–Crippen MR) is 135 cm³/mol. The molecular weight excluding hydrogens is 412 g/mol. The third-order valence-corrected chi connectivity index (χ3v) is 5.44. The Hall–Kier alpha value is -2.65. The van der Waals surface area contributed by atoms with Gasteiger partial charge in [0.1, 0.15) is 0 Å². The molecule has 1 aliphatic rings. The normalized spacial score (nSPS) is 12.4. The van der Waals surface area contributed by atoms with Gasteiger partial charge in [-0.2, -0.15) is 0 Å². The first-order chi connectivity index (χ1) is 15.8. The van der Waals surface area contributed by atoms with E-state index < -0.39 is 0 Å². The Balaban J connectivity index is 0.000000328. The number of rotatable bonds is 8. The van der Waals surface area contributed by atoms with Crippen LogP contribution in [0.4, 0.5) is 5.69 Å². The highest BCUT2D eigenvalue weighted by atomic mass is 16.5. The van der Waals surface area contributed by atoms with Crippen LogP contribution in [-0.2, 0) is 16.1 Å². The number of amides is 1. The Labute approximate surface area is 198 Å². The number of para-hydroxylation sites is 1. The van der Waals surface area contributed by atoms with Gasteiger partial charge in [-0.05, 0) is 62.9 Å². The smallest absolute Gasteiger partial charge is 0.227 e. The van der Waals surface area contributed by atoms with Crippen molar-refractivity contribution >= 4 is 11.6 Å². The van der Waals surface area contributed by atoms with E-state index in [4.69, 9.17) is 15.6 Å². The van der Waals surface area contributed by atoms with E-state index in [1.165, 1.54) is 0 Å². The Morgan fingerprint density at radius 3 is 2.42 bits per heavy atom. The second-order valence-electron chi connectivity index (χ2n) is 9.21. The molecule has 0 bridgehead atoms. The third-order valence-electron chi connectivity index (χ3n) is 5.44. The van der Waals surface area contributed by atoms with Crippen LogP contribution in [0.2, 0.25) is 0 Å². The van der Waals surface area contributed by atoms with E-state index in [-0.39, 0.29) is 18.1 Å². The molecule has 0 saturated carbocycles. The molecule has 1 heterocycles. The highest BCUT2D eigenvalue weighted by Gasteiger charge is 2.21. The van der Waals surface area contributed by atoms with Crippen LogP contribution in [0, 0.1) is 17.8 Å². The molecule has 0 aliphatic carbocycles. The Morgan fingerprint density at radius 2 is 1.76 bits per heavy atom. The number of aliphatic hydroxyl groups is 1. The second kappa shape index (κ2) is 13.2. The van der Waals surface area contributed by atoms with Crippen molar-refractivity contribution in [2.75, 3.05) is 24.7 Å². The summed E-state index contributed by atoms with van der Waals surface area (Å²) in [4.78, 5) is 14.7. The second-order valence-corrected chi connectivity index (χ2v) is 9.21. The van der Waals surface area contributed by atoms with Gasteiger partial charge in [-0.15, -0.1) is 0 Å². The van der Waals surface area contributed by atoms with E-state index in [2.05, 4.69) is 31.8 Å². The number of hydrogen-bond donors (Lipinski definition) is 2. The molecule has 2 aromatic rings. The standard InChI is InChI=1S/C21H21NO.C7H17NO2/c1-16(2)11-14-21(23)22-15-19-9-4-3-7-17(19)12-13-18-8-5-6-10-20(18)22;1-7(2,3-4-8)10-6-5-9/h3-10,16H,11,14-15H2,1-2H3;9H,3-6,8H2,1-2H3. The van der Waals surface area contributed by atoms with E-state index in [1.54, 1.807) is 0 Å². The molecular formula is C28H38N2O3. The summed E-state index contributed by atoms with van der Waals surface area (Å²) in [7, 11) is 0. The zero-order chi connectivity index (χ0) is 24.3. The van der Waals surface area contributed by atoms with E-state index in [0.29, 0.717) is 32.0 Å². The average Bonchev–Trinajstić information content (AvgIpc) is 2.78. The SMILES string of the molecule is CC(C)(CCN)OCCO.CC(C)CCC(=O)N1Cc2ccccc2C#Cc2ccccc21. The van der Waals surface area contributed by atoms with Crippen molar-refractivity contribution in [2.45, 2.75) is 59.1 Å².